The van der Waals surface area contributed by atoms with Crippen LogP contribution in [0.25, 0.3) is 0 Å². The van der Waals surface area contributed by atoms with Crippen LogP contribution >= 0.6 is 31.9 Å². The van der Waals surface area contributed by atoms with Crippen LogP contribution in [0.3, 0.4) is 0 Å². The number of para-hydroxylation sites is 1. The SMILES string of the molecule is O=C(COC(=O)c1cc(Br)ccc1F)Nc1ccccc1Br. The zero-order valence-corrected chi connectivity index (χ0v) is 14.3. The highest BCUT2D eigenvalue weighted by Gasteiger charge is 2.15. The molecule has 0 heterocycles. The summed E-state index contributed by atoms with van der Waals surface area (Å²) in [6.07, 6.45) is 0. The maximum absolute atomic E-state index is 13.5. The van der Waals surface area contributed by atoms with Crippen LogP contribution in [0.1, 0.15) is 10.4 Å². The van der Waals surface area contributed by atoms with Crippen molar-refractivity contribution in [2.75, 3.05) is 11.9 Å². The minimum absolute atomic E-state index is 0.233. The van der Waals surface area contributed by atoms with Gasteiger partial charge < -0.3 is 10.1 Å². The molecule has 0 fully saturated rings. The molecule has 4 nitrogen and oxygen atoms in total. The second kappa shape index (κ2) is 7.51. The third kappa shape index (κ3) is 4.38. The first-order valence-corrected chi connectivity index (χ1v) is 7.72. The van der Waals surface area contributed by atoms with Gasteiger partial charge in [-0.15, -0.1) is 0 Å². The van der Waals surface area contributed by atoms with Crippen molar-refractivity contribution in [2.24, 2.45) is 0 Å². The Balaban J connectivity index is 1.95. The van der Waals surface area contributed by atoms with Gasteiger partial charge in [0.25, 0.3) is 5.91 Å². The van der Waals surface area contributed by atoms with E-state index in [-0.39, 0.29) is 5.56 Å². The molecule has 0 radical (unpaired) electrons. The zero-order chi connectivity index (χ0) is 16.1. The van der Waals surface area contributed by atoms with Crippen molar-refractivity contribution in [2.45, 2.75) is 0 Å². The van der Waals surface area contributed by atoms with Gasteiger partial charge in [0.2, 0.25) is 0 Å². The van der Waals surface area contributed by atoms with Crippen molar-refractivity contribution in [1.82, 2.24) is 0 Å². The van der Waals surface area contributed by atoms with Gasteiger partial charge in [0.15, 0.2) is 6.61 Å². The van der Waals surface area contributed by atoms with E-state index < -0.39 is 24.3 Å². The Morgan fingerprint density at radius 1 is 1.14 bits per heavy atom. The number of anilines is 1. The summed E-state index contributed by atoms with van der Waals surface area (Å²) in [7, 11) is 0. The number of halogens is 3. The molecule has 0 saturated carbocycles. The number of esters is 1. The minimum atomic E-state index is -0.902. The number of hydrogen-bond donors (Lipinski definition) is 1. The summed E-state index contributed by atoms with van der Waals surface area (Å²) in [4.78, 5) is 23.5. The molecule has 1 amide bonds. The maximum atomic E-state index is 13.5. The molecule has 0 aliphatic heterocycles. The summed E-state index contributed by atoms with van der Waals surface area (Å²) in [6, 6.07) is 10.9. The lowest BCUT2D eigenvalue weighted by atomic mass is 10.2. The van der Waals surface area contributed by atoms with E-state index in [2.05, 4.69) is 37.2 Å². The Morgan fingerprint density at radius 2 is 1.86 bits per heavy atom. The van der Waals surface area contributed by atoms with Crippen LogP contribution < -0.4 is 5.32 Å². The average Bonchev–Trinajstić information content (AvgIpc) is 2.49. The summed E-state index contributed by atoms with van der Waals surface area (Å²) in [5.74, 6) is -2.13. The van der Waals surface area contributed by atoms with Crippen LogP contribution in [0, 0.1) is 5.82 Å². The molecule has 2 aromatic rings. The van der Waals surface area contributed by atoms with Crippen LogP contribution in [0.15, 0.2) is 51.4 Å². The lowest BCUT2D eigenvalue weighted by Crippen LogP contribution is -2.21. The van der Waals surface area contributed by atoms with E-state index >= 15 is 0 Å². The van der Waals surface area contributed by atoms with Gasteiger partial charge in [0, 0.05) is 8.95 Å². The van der Waals surface area contributed by atoms with Gasteiger partial charge in [0.1, 0.15) is 5.82 Å². The fourth-order valence-electron chi connectivity index (χ4n) is 1.61. The molecule has 0 saturated heterocycles. The number of hydrogen-bond acceptors (Lipinski definition) is 3. The molecular formula is C15H10Br2FNO3. The number of nitrogens with one attached hydrogen (secondary N) is 1. The van der Waals surface area contributed by atoms with E-state index in [1.54, 1.807) is 24.3 Å². The van der Waals surface area contributed by atoms with E-state index in [0.29, 0.717) is 14.6 Å². The Hall–Kier alpha value is -1.73. The second-order valence-corrected chi connectivity index (χ2v) is 6.00. The predicted octanol–water partition coefficient (Wildman–Crippen LogP) is 4.15. The van der Waals surface area contributed by atoms with Gasteiger partial charge in [-0.3, -0.25) is 4.79 Å². The molecule has 1 N–H and O–H groups in total. The fourth-order valence-corrected chi connectivity index (χ4v) is 2.36. The van der Waals surface area contributed by atoms with Crippen LogP contribution in [-0.4, -0.2) is 18.5 Å². The van der Waals surface area contributed by atoms with Gasteiger partial charge in [0.05, 0.1) is 11.3 Å². The van der Waals surface area contributed by atoms with Crippen molar-refractivity contribution in [3.63, 3.8) is 0 Å². The molecule has 0 unspecified atom stereocenters. The van der Waals surface area contributed by atoms with Crippen molar-refractivity contribution >= 4 is 49.4 Å². The molecule has 0 aromatic heterocycles. The second-order valence-electron chi connectivity index (χ2n) is 4.23. The predicted molar refractivity (Wildman–Crippen MR) is 87.2 cm³/mol. The molecule has 0 atom stereocenters. The monoisotopic (exact) mass is 429 g/mol. The van der Waals surface area contributed by atoms with Gasteiger partial charge in [-0.1, -0.05) is 28.1 Å². The maximum Gasteiger partial charge on any atom is 0.341 e. The molecular weight excluding hydrogens is 421 g/mol. The van der Waals surface area contributed by atoms with Crippen LogP contribution in [0.2, 0.25) is 0 Å². The van der Waals surface area contributed by atoms with Gasteiger partial charge >= 0.3 is 5.97 Å². The Labute approximate surface area is 142 Å². The highest BCUT2D eigenvalue weighted by Crippen LogP contribution is 2.21. The van der Waals surface area contributed by atoms with E-state index in [4.69, 9.17) is 4.74 Å². The molecule has 114 valence electrons. The Bertz CT molecular complexity index is 722. The third-order valence-electron chi connectivity index (χ3n) is 2.63. The Kier molecular flexibility index (Phi) is 5.68. The number of carbonyl (C=O) groups is 2. The van der Waals surface area contributed by atoms with Crippen LogP contribution in [0.5, 0.6) is 0 Å². The average molecular weight is 431 g/mol. The number of amides is 1. The van der Waals surface area contributed by atoms with Gasteiger partial charge in [-0.05, 0) is 46.3 Å². The smallest absolute Gasteiger partial charge is 0.341 e. The topological polar surface area (TPSA) is 55.4 Å². The molecule has 0 aliphatic rings. The molecule has 0 bridgehead atoms. The zero-order valence-electron chi connectivity index (χ0n) is 11.1. The largest absolute Gasteiger partial charge is 0.452 e. The standard InChI is InChI=1S/C15H10Br2FNO3/c16-9-5-6-12(18)10(7-9)15(21)22-8-14(20)19-13-4-2-1-3-11(13)17/h1-7H,8H2,(H,19,20). The molecule has 2 aromatic carbocycles. The fraction of sp³-hybridized carbons (Fsp3) is 0.0667. The third-order valence-corrected chi connectivity index (χ3v) is 3.82. The number of benzene rings is 2. The summed E-state index contributed by atoms with van der Waals surface area (Å²) in [5, 5.41) is 2.58. The van der Waals surface area contributed by atoms with E-state index in [1.165, 1.54) is 12.1 Å². The van der Waals surface area contributed by atoms with E-state index in [9.17, 15) is 14.0 Å². The molecule has 7 heteroatoms. The lowest BCUT2D eigenvalue weighted by Gasteiger charge is -2.08. The first kappa shape index (κ1) is 16.6. The number of ether oxygens (including phenoxy) is 1. The number of carbonyl (C=O) groups excluding carboxylic acids is 2. The van der Waals surface area contributed by atoms with Crippen molar-refractivity contribution in [3.05, 3.63) is 62.8 Å². The number of rotatable bonds is 4. The first-order chi connectivity index (χ1) is 10.5. The van der Waals surface area contributed by atoms with E-state index in [1.807, 2.05) is 0 Å². The lowest BCUT2D eigenvalue weighted by molar-refractivity contribution is -0.119. The normalized spacial score (nSPS) is 10.1. The van der Waals surface area contributed by atoms with Gasteiger partial charge in [-0.25, -0.2) is 9.18 Å². The van der Waals surface area contributed by atoms with Crippen molar-refractivity contribution < 1.29 is 18.7 Å². The highest BCUT2D eigenvalue weighted by atomic mass is 79.9. The highest BCUT2D eigenvalue weighted by molar-refractivity contribution is 9.10. The first-order valence-electron chi connectivity index (χ1n) is 6.14. The van der Waals surface area contributed by atoms with Crippen molar-refractivity contribution in [1.29, 1.82) is 0 Å². The molecule has 2 rings (SSSR count). The van der Waals surface area contributed by atoms with Crippen molar-refractivity contribution in [3.8, 4) is 0 Å². The summed E-state index contributed by atoms with van der Waals surface area (Å²) < 4.78 is 19.6. The summed E-state index contributed by atoms with van der Waals surface area (Å²) >= 11 is 6.42. The minimum Gasteiger partial charge on any atom is -0.452 e. The quantitative estimate of drug-likeness (QED) is 0.741. The van der Waals surface area contributed by atoms with Crippen LogP contribution in [-0.2, 0) is 9.53 Å². The summed E-state index contributed by atoms with van der Waals surface area (Å²) in [5.41, 5.74) is 0.320. The summed E-state index contributed by atoms with van der Waals surface area (Å²) in [6.45, 7) is -0.508. The van der Waals surface area contributed by atoms with Crippen LogP contribution in [0.4, 0.5) is 10.1 Å². The van der Waals surface area contributed by atoms with Gasteiger partial charge in [-0.2, -0.15) is 0 Å². The molecule has 0 aliphatic carbocycles. The molecule has 0 spiro atoms. The Morgan fingerprint density at radius 3 is 2.59 bits per heavy atom. The van der Waals surface area contributed by atoms with E-state index in [0.717, 1.165) is 6.07 Å². The molecule has 22 heavy (non-hydrogen) atoms.